The minimum absolute atomic E-state index is 0.168. The molecule has 0 radical (unpaired) electrons. The van der Waals surface area contributed by atoms with Crippen LogP contribution in [0.5, 0.6) is 0 Å². The molecule has 0 saturated carbocycles. The van der Waals surface area contributed by atoms with E-state index in [9.17, 15) is 8.42 Å². The molecule has 0 spiro atoms. The zero-order valence-corrected chi connectivity index (χ0v) is 12.4. The van der Waals surface area contributed by atoms with Crippen LogP contribution in [0, 0.1) is 6.92 Å². The Hall–Kier alpha value is -1.73. The highest BCUT2D eigenvalue weighted by Gasteiger charge is 2.19. The average molecular weight is 294 g/mol. The van der Waals surface area contributed by atoms with E-state index in [2.05, 4.69) is 34.5 Å². The third-order valence-electron chi connectivity index (χ3n) is 3.12. The number of rotatable bonds is 5. The number of benzene rings is 1. The van der Waals surface area contributed by atoms with E-state index in [0.29, 0.717) is 18.8 Å². The molecule has 1 aromatic heterocycles. The van der Waals surface area contributed by atoms with Gasteiger partial charge in [0.25, 0.3) is 15.2 Å². The van der Waals surface area contributed by atoms with Crippen molar-refractivity contribution in [2.24, 2.45) is 5.14 Å². The quantitative estimate of drug-likeness (QED) is 0.892. The SMILES string of the molecule is CCn1c(CCc2ccc(C)cc2)nnc1S(N)(=O)=O. The molecule has 2 aromatic rings. The number of aromatic nitrogens is 3. The fraction of sp³-hybridized carbons (Fsp3) is 0.385. The maximum absolute atomic E-state index is 11.4. The van der Waals surface area contributed by atoms with Gasteiger partial charge in [0, 0.05) is 13.0 Å². The minimum atomic E-state index is -3.82. The van der Waals surface area contributed by atoms with Gasteiger partial charge in [0.05, 0.1) is 0 Å². The maximum atomic E-state index is 11.4. The van der Waals surface area contributed by atoms with E-state index in [4.69, 9.17) is 5.14 Å². The molecule has 6 nitrogen and oxygen atoms in total. The standard InChI is InChI=1S/C13H18N4O2S/c1-3-17-12(15-16-13(17)20(14,18)19)9-8-11-6-4-10(2)5-7-11/h4-7H,3,8-9H2,1-2H3,(H2,14,18,19). The van der Waals surface area contributed by atoms with Crippen LogP contribution in [0.15, 0.2) is 29.4 Å². The van der Waals surface area contributed by atoms with Crippen LogP contribution in [-0.4, -0.2) is 23.2 Å². The first-order valence-electron chi connectivity index (χ1n) is 6.42. The summed E-state index contributed by atoms with van der Waals surface area (Å²) in [4.78, 5) is 0. The van der Waals surface area contributed by atoms with Crippen molar-refractivity contribution in [3.05, 3.63) is 41.2 Å². The Morgan fingerprint density at radius 3 is 2.35 bits per heavy atom. The van der Waals surface area contributed by atoms with Crippen molar-refractivity contribution >= 4 is 10.0 Å². The lowest BCUT2D eigenvalue weighted by atomic mass is 10.1. The number of hydrogen-bond donors (Lipinski definition) is 1. The highest BCUT2D eigenvalue weighted by molar-refractivity contribution is 7.89. The molecule has 7 heteroatoms. The number of nitrogens with two attached hydrogens (primary N) is 1. The Morgan fingerprint density at radius 1 is 1.15 bits per heavy atom. The molecule has 0 saturated heterocycles. The van der Waals surface area contributed by atoms with Gasteiger partial charge < -0.3 is 4.57 Å². The largest absolute Gasteiger partial charge is 0.301 e. The Morgan fingerprint density at radius 2 is 1.80 bits per heavy atom. The van der Waals surface area contributed by atoms with Gasteiger partial charge in [-0.15, -0.1) is 10.2 Å². The van der Waals surface area contributed by atoms with Crippen LogP contribution in [0.2, 0.25) is 0 Å². The Bertz CT molecular complexity index is 690. The molecule has 2 rings (SSSR count). The number of nitrogens with zero attached hydrogens (tertiary/aromatic N) is 3. The second-order valence-corrected chi connectivity index (χ2v) is 6.13. The van der Waals surface area contributed by atoms with E-state index >= 15 is 0 Å². The molecule has 0 aliphatic carbocycles. The number of sulfonamides is 1. The van der Waals surface area contributed by atoms with E-state index in [1.165, 1.54) is 11.1 Å². The van der Waals surface area contributed by atoms with Gasteiger partial charge in [-0.2, -0.15) is 0 Å². The molecule has 0 bridgehead atoms. The molecule has 0 aliphatic heterocycles. The van der Waals surface area contributed by atoms with Gasteiger partial charge in [-0.1, -0.05) is 29.8 Å². The summed E-state index contributed by atoms with van der Waals surface area (Å²) < 4.78 is 24.3. The second kappa shape index (κ2) is 5.72. The molecule has 1 heterocycles. The van der Waals surface area contributed by atoms with Crippen molar-refractivity contribution in [3.63, 3.8) is 0 Å². The van der Waals surface area contributed by atoms with Crippen molar-refractivity contribution < 1.29 is 8.42 Å². The van der Waals surface area contributed by atoms with E-state index in [-0.39, 0.29) is 5.16 Å². The topological polar surface area (TPSA) is 90.9 Å². The van der Waals surface area contributed by atoms with Gasteiger partial charge in [-0.25, -0.2) is 13.6 Å². The van der Waals surface area contributed by atoms with Crippen molar-refractivity contribution in [2.45, 2.75) is 38.4 Å². The average Bonchev–Trinajstić information content (AvgIpc) is 2.81. The van der Waals surface area contributed by atoms with E-state index in [1.54, 1.807) is 4.57 Å². The smallest absolute Gasteiger partial charge is 0.273 e. The molecule has 0 unspecified atom stereocenters. The summed E-state index contributed by atoms with van der Waals surface area (Å²) >= 11 is 0. The Kier molecular flexibility index (Phi) is 4.20. The lowest BCUT2D eigenvalue weighted by Crippen LogP contribution is -2.19. The number of hydrogen-bond acceptors (Lipinski definition) is 4. The summed E-state index contributed by atoms with van der Waals surface area (Å²) in [7, 11) is -3.82. The molecule has 108 valence electrons. The monoisotopic (exact) mass is 294 g/mol. The third-order valence-corrected chi connectivity index (χ3v) is 3.93. The number of primary sulfonamides is 1. The second-order valence-electron chi connectivity index (χ2n) is 4.67. The zero-order chi connectivity index (χ0) is 14.8. The van der Waals surface area contributed by atoms with Gasteiger partial charge in [-0.05, 0) is 25.8 Å². The summed E-state index contributed by atoms with van der Waals surface area (Å²) in [5.41, 5.74) is 2.39. The Balaban J connectivity index is 2.18. The highest BCUT2D eigenvalue weighted by Crippen LogP contribution is 2.11. The van der Waals surface area contributed by atoms with E-state index in [0.717, 1.165) is 6.42 Å². The van der Waals surface area contributed by atoms with Crippen LogP contribution >= 0.6 is 0 Å². The van der Waals surface area contributed by atoms with Crippen LogP contribution in [-0.2, 0) is 29.4 Å². The molecule has 2 N–H and O–H groups in total. The van der Waals surface area contributed by atoms with Crippen molar-refractivity contribution in [1.29, 1.82) is 0 Å². The predicted molar refractivity (Wildman–Crippen MR) is 75.7 cm³/mol. The zero-order valence-electron chi connectivity index (χ0n) is 11.6. The first-order valence-corrected chi connectivity index (χ1v) is 7.97. The molecule has 0 atom stereocenters. The van der Waals surface area contributed by atoms with Gasteiger partial charge >= 0.3 is 0 Å². The summed E-state index contributed by atoms with van der Waals surface area (Å²) in [6.45, 7) is 4.35. The van der Waals surface area contributed by atoms with Crippen LogP contribution in [0.3, 0.4) is 0 Å². The first-order chi connectivity index (χ1) is 9.41. The molecular weight excluding hydrogens is 276 g/mol. The van der Waals surface area contributed by atoms with E-state index in [1.807, 2.05) is 13.8 Å². The first kappa shape index (κ1) is 14.7. The molecule has 0 aliphatic rings. The van der Waals surface area contributed by atoms with Crippen molar-refractivity contribution in [1.82, 2.24) is 14.8 Å². The summed E-state index contributed by atoms with van der Waals surface area (Å²) in [5, 5.41) is 12.6. The van der Waals surface area contributed by atoms with Crippen LogP contribution in [0.25, 0.3) is 0 Å². The fourth-order valence-electron chi connectivity index (χ4n) is 2.04. The normalized spacial score (nSPS) is 11.8. The van der Waals surface area contributed by atoms with Crippen LogP contribution in [0.1, 0.15) is 23.9 Å². The summed E-state index contributed by atoms with van der Waals surface area (Å²) in [6.07, 6.45) is 1.41. The van der Waals surface area contributed by atoms with E-state index < -0.39 is 10.0 Å². The molecule has 1 aromatic carbocycles. The summed E-state index contributed by atoms with van der Waals surface area (Å²) in [6, 6.07) is 8.22. The van der Waals surface area contributed by atoms with Crippen molar-refractivity contribution in [2.75, 3.05) is 0 Å². The van der Waals surface area contributed by atoms with Crippen molar-refractivity contribution in [3.8, 4) is 0 Å². The predicted octanol–water partition coefficient (Wildman–Crippen LogP) is 1.04. The van der Waals surface area contributed by atoms with Gasteiger partial charge in [0.15, 0.2) is 0 Å². The summed E-state index contributed by atoms with van der Waals surface area (Å²) in [5.74, 6) is 0.636. The molecular formula is C13H18N4O2S. The maximum Gasteiger partial charge on any atom is 0.273 e. The minimum Gasteiger partial charge on any atom is -0.301 e. The van der Waals surface area contributed by atoms with Gasteiger partial charge in [-0.3, -0.25) is 0 Å². The lowest BCUT2D eigenvalue weighted by molar-refractivity contribution is 0.563. The third kappa shape index (κ3) is 3.23. The lowest BCUT2D eigenvalue weighted by Gasteiger charge is -2.06. The number of aryl methyl sites for hydroxylation is 3. The molecule has 0 fully saturated rings. The van der Waals surface area contributed by atoms with Crippen LogP contribution < -0.4 is 5.14 Å². The van der Waals surface area contributed by atoms with Gasteiger partial charge in [0.2, 0.25) is 0 Å². The van der Waals surface area contributed by atoms with Gasteiger partial charge in [0.1, 0.15) is 5.82 Å². The fourth-order valence-corrected chi connectivity index (χ4v) is 2.74. The highest BCUT2D eigenvalue weighted by atomic mass is 32.2. The Labute approximate surface area is 118 Å². The van der Waals surface area contributed by atoms with Crippen LogP contribution in [0.4, 0.5) is 0 Å². The molecule has 20 heavy (non-hydrogen) atoms. The molecule has 0 amide bonds.